The monoisotopic (exact) mass is 301 g/mol. The summed E-state index contributed by atoms with van der Waals surface area (Å²) in [6.45, 7) is 2.81. The van der Waals surface area contributed by atoms with E-state index in [2.05, 4.69) is 21.2 Å². The van der Waals surface area contributed by atoms with Crippen molar-refractivity contribution >= 4 is 33.2 Å². The molecule has 1 N–H and O–H groups in total. The lowest BCUT2D eigenvalue weighted by Crippen LogP contribution is -2.30. The summed E-state index contributed by atoms with van der Waals surface area (Å²) in [7, 11) is 0. The van der Waals surface area contributed by atoms with Crippen molar-refractivity contribution in [2.24, 2.45) is 5.41 Å². The molecule has 1 amide bonds. The minimum absolute atomic E-state index is 0.0830. The van der Waals surface area contributed by atoms with Gasteiger partial charge in [0.25, 0.3) is 5.91 Å². The zero-order chi connectivity index (χ0) is 11.6. The van der Waals surface area contributed by atoms with Crippen LogP contribution in [-0.2, 0) is 0 Å². The van der Waals surface area contributed by atoms with Gasteiger partial charge in [-0.3, -0.25) is 4.79 Å². The fourth-order valence-electron chi connectivity index (χ4n) is 1.85. The van der Waals surface area contributed by atoms with Crippen LogP contribution in [0.4, 0.5) is 0 Å². The maximum Gasteiger partial charge on any atom is 0.252 e. The second-order valence-corrected chi connectivity index (χ2v) is 6.13. The molecule has 0 aliphatic heterocycles. The van der Waals surface area contributed by atoms with Gasteiger partial charge >= 0.3 is 0 Å². The lowest BCUT2D eigenvalue weighted by molar-refractivity contribution is 0.0944. The van der Waals surface area contributed by atoms with E-state index in [9.17, 15) is 4.79 Å². The van der Waals surface area contributed by atoms with Crippen molar-refractivity contribution in [2.45, 2.75) is 26.2 Å². The summed E-state index contributed by atoms with van der Waals surface area (Å²) in [5.41, 5.74) is 2.30. The number of nitrogens with one attached hydrogen (secondary N) is 1. The van der Waals surface area contributed by atoms with Crippen LogP contribution in [0.15, 0.2) is 10.8 Å². The van der Waals surface area contributed by atoms with Crippen molar-refractivity contribution in [2.75, 3.05) is 11.9 Å². The lowest BCUT2D eigenvalue weighted by atomic mass is 10.0. The average molecular weight is 302 g/mol. The third-order valence-corrected chi connectivity index (χ3v) is 4.56. The Labute approximate surface area is 109 Å². The molecule has 0 atom stereocenters. The Morgan fingerprint density at radius 3 is 2.81 bits per heavy atom. The van der Waals surface area contributed by atoms with Gasteiger partial charge in [-0.25, -0.2) is 0 Å². The van der Waals surface area contributed by atoms with Crippen LogP contribution in [-0.4, -0.2) is 17.8 Å². The molecule has 1 heterocycles. The highest BCUT2D eigenvalue weighted by Crippen LogP contribution is 2.48. The van der Waals surface area contributed by atoms with Crippen LogP contribution in [0, 0.1) is 12.3 Å². The standard InChI is InChI=1S/C12H16BrNOS/c1-9-6-16-7-10(9)11(15)14-8-12(2-3-12)4-5-13/h6-7H,2-5,8H2,1H3,(H,14,15). The van der Waals surface area contributed by atoms with Crippen molar-refractivity contribution in [3.63, 3.8) is 0 Å². The van der Waals surface area contributed by atoms with E-state index in [4.69, 9.17) is 0 Å². The Hall–Kier alpha value is -0.350. The summed E-state index contributed by atoms with van der Waals surface area (Å²) in [4.78, 5) is 11.9. The maximum atomic E-state index is 11.9. The molecule has 4 heteroatoms. The molecule has 1 saturated carbocycles. The van der Waals surface area contributed by atoms with E-state index in [1.807, 2.05) is 17.7 Å². The van der Waals surface area contributed by atoms with Gasteiger partial charge in [-0.1, -0.05) is 15.9 Å². The molecule has 16 heavy (non-hydrogen) atoms. The Bertz CT molecular complexity index is 384. The molecule has 2 rings (SSSR count). The molecular formula is C12H16BrNOS. The Morgan fingerprint density at radius 1 is 1.56 bits per heavy atom. The zero-order valence-electron chi connectivity index (χ0n) is 9.38. The predicted molar refractivity (Wildman–Crippen MR) is 71.5 cm³/mol. The second-order valence-electron chi connectivity index (χ2n) is 4.59. The lowest BCUT2D eigenvalue weighted by Gasteiger charge is -2.14. The number of aryl methyl sites for hydroxylation is 1. The number of halogens is 1. The second kappa shape index (κ2) is 4.88. The van der Waals surface area contributed by atoms with Gasteiger partial charge in [-0.15, -0.1) is 0 Å². The molecule has 0 unspecified atom stereocenters. The van der Waals surface area contributed by atoms with Gasteiger partial charge in [-0.2, -0.15) is 11.3 Å². The molecule has 0 spiro atoms. The van der Waals surface area contributed by atoms with Gasteiger partial charge in [-0.05, 0) is 42.5 Å². The molecule has 88 valence electrons. The highest BCUT2D eigenvalue weighted by atomic mass is 79.9. The van der Waals surface area contributed by atoms with E-state index < -0.39 is 0 Å². The number of hydrogen-bond donors (Lipinski definition) is 1. The zero-order valence-corrected chi connectivity index (χ0v) is 11.8. The minimum Gasteiger partial charge on any atom is -0.351 e. The first-order valence-corrected chi connectivity index (χ1v) is 7.60. The van der Waals surface area contributed by atoms with Crippen molar-refractivity contribution in [1.29, 1.82) is 0 Å². The molecule has 1 fully saturated rings. The topological polar surface area (TPSA) is 29.1 Å². The quantitative estimate of drug-likeness (QED) is 0.830. The summed E-state index contributed by atoms with van der Waals surface area (Å²) in [5.74, 6) is 0.0830. The number of carbonyl (C=O) groups is 1. The molecule has 2 nitrogen and oxygen atoms in total. The first-order valence-electron chi connectivity index (χ1n) is 5.54. The van der Waals surface area contributed by atoms with E-state index in [-0.39, 0.29) is 5.91 Å². The van der Waals surface area contributed by atoms with E-state index >= 15 is 0 Å². The molecule has 1 aromatic heterocycles. The molecule has 0 bridgehead atoms. The van der Waals surface area contributed by atoms with Crippen LogP contribution >= 0.6 is 27.3 Å². The predicted octanol–water partition coefficient (Wildman–Crippen LogP) is 3.35. The van der Waals surface area contributed by atoms with Gasteiger partial charge in [0, 0.05) is 17.3 Å². The summed E-state index contributed by atoms with van der Waals surface area (Å²) < 4.78 is 0. The maximum absolute atomic E-state index is 11.9. The Kier molecular flexibility index (Phi) is 3.70. The van der Waals surface area contributed by atoms with Crippen molar-refractivity contribution in [1.82, 2.24) is 5.32 Å². The van der Waals surface area contributed by atoms with E-state index in [1.54, 1.807) is 11.3 Å². The van der Waals surface area contributed by atoms with Crippen molar-refractivity contribution in [3.05, 3.63) is 21.9 Å². The third kappa shape index (κ3) is 2.66. The third-order valence-electron chi connectivity index (χ3n) is 3.31. The molecule has 0 aromatic carbocycles. The van der Waals surface area contributed by atoms with Crippen molar-refractivity contribution in [3.8, 4) is 0 Å². The molecule has 1 aliphatic rings. The smallest absolute Gasteiger partial charge is 0.252 e. The number of amides is 1. The van der Waals surface area contributed by atoms with Gasteiger partial charge < -0.3 is 5.32 Å². The average Bonchev–Trinajstić information content (AvgIpc) is 2.89. The van der Waals surface area contributed by atoms with Gasteiger partial charge in [0.15, 0.2) is 0 Å². The Balaban J connectivity index is 1.87. The van der Waals surface area contributed by atoms with E-state index in [1.165, 1.54) is 12.8 Å². The molecule has 0 saturated heterocycles. The highest BCUT2D eigenvalue weighted by Gasteiger charge is 2.41. The number of alkyl halides is 1. The first kappa shape index (κ1) is 12.1. The summed E-state index contributed by atoms with van der Waals surface area (Å²) >= 11 is 5.06. The summed E-state index contributed by atoms with van der Waals surface area (Å²) in [6, 6.07) is 0. The van der Waals surface area contributed by atoms with Crippen LogP contribution in [0.5, 0.6) is 0 Å². The first-order chi connectivity index (χ1) is 7.67. The fourth-order valence-corrected chi connectivity index (χ4v) is 3.52. The molecule has 1 aliphatic carbocycles. The number of hydrogen-bond acceptors (Lipinski definition) is 2. The summed E-state index contributed by atoms with van der Waals surface area (Å²) in [6.07, 6.45) is 3.67. The number of carbonyl (C=O) groups excluding carboxylic acids is 1. The van der Waals surface area contributed by atoms with Crippen LogP contribution in [0.3, 0.4) is 0 Å². The van der Waals surface area contributed by atoms with E-state index in [0.29, 0.717) is 5.41 Å². The Morgan fingerprint density at radius 2 is 2.31 bits per heavy atom. The minimum atomic E-state index is 0.0830. The van der Waals surface area contributed by atoms with Crippen molar-refractivity contribution < 1.29 is 4.79 Å². The molecular weight excluding hydrogens is 286 g/mol. The van der Waals surface area contributed by atoms with E-state index in [0.717, 1.165) is 29.4 Å². The van der Waals surface area contributed by atoms with Crippen LogP contribution < -0.4 is 5.32 Å². The molecule has 0 radical (unpaired) electrons. The largest absolute Gasteiger partial charge is 0.351 e. The summed E-state index contributed by atoms with van der Waals surface area (Å²) in [5, 5.41) is 8.03. The number of thiophene rings is 1. The fraction of sp³-hybridized carbons (Fsp3) is 0.583. The highest BCUT2D eigenvalue weighted by molar-refractivity contribution is 9.09. The van der Waals surface area contributed by atoms with Crippen LogP contribution in [0.1, 0.15) is 35.2 Å². The molecule has 1 aromatic rings. The van der Waals surface area contributed by atoms with Crippen LogP contribution in [0.25, 0.3) is 0 Å². The van der Waals surface area contributed by atoms with Crippen LogP contribution in [0.2, 0.25) is 0 Å². The van der Waals surface area contributed by atoms with Gasteiger partial charge in [0.1, 0.15) is 0 Å². The SMILES string of the molecule is Cc1cscc1C(=O)NCC1(CCBr)CC1. The van der Waals surface area contributed by atoms with Gasteiger partial charge in [0.05, 0.1) is 5.56 Å². The van der Waals surface area contributed by atoms with Gasteiger partial charge in [0.2, 0.25) is 0 Å². The number of rotatable bonds is 5. The normalized spacial score (nSPS) is 17.1.